The molecule has 1 heterocycles. The summed E-state index contributed by atoms with van der Waals surface area (Å²) in [5.41, 5.74) is 3.32. The van der Waals surface area contributed by atoms with Crippen molar-refractivity contribution in [2.75, 3.05) is 0 Å². The van der Waals surface area contributed by atoms with Crippen molar-refractivity contribution in [1.82, 2.24) is 3.97 Å². The van der Waals surface area contributed by atoms with Gasteiger partial charge < -0.3 is 5.11 Å². The Bertz CT molecular complexity index is 918. The van der Waals surface area contributed by atoms with E-state index in [9.17, 15) is 9.70 Å². The molecule has 0 aliphatic heterocycles. The lowest BCUT2D eigenvalue weighted by Gasteiger charge is -2.07. The zero-order valence-corrected chi connectivity index (χ0v) is 13.9. The molecule has 2 aromatic carbocycles. The first kappa shape index (κ1) is 16.3. The van der Waals surface area contributed by atoms with E-state index < -0.39 is 5.97 Å². The predicted octanol–water partition coefficient (Wildman–Crippen LogP) is 4.92. The number of aromatic nitrogens is 1. The highest BCUT2D eigenvalue weighted by Gasteiger charge is 2.12. The number of hydrogen-bond acceptors (Lipinski definition) is 4. The van der Waals surface area contributed by atoms with Crippen LogP contribution in [0.5, 0.6) is 0 Å². The molecule has 0 aliphatic carbocycles. The van der Waals surface area contributed by atoms with Crippen LogP contribution in [-0.4, -0.2) is 15.0 Å². The Morgan fingerprint density at radius 1 is 1.25 bits per heavy atom. The number of fused-ring (bicyclic) bond motifs is 1. The second-order valence-electron chi connectivity index (χ2n) is 5.52. The zero-order valence-electron chi connectivity index (χ0n) is 13.1. The molecule has 3 rings (SSSR count). The van der Waals surface area contributed by atoms with E-state index >= 15 is 0 Å². The van der Waals surface area contributed by atoms with E-state index in [1.807, 2.05) is 47.4 Å². The van der Waals surface area contributed by atoms with Crippen LogP contribution in [0.4, 0.5) is 5.69 Å². The Morgan fingerprint density at radius 2 is 2.04 bits per heavy atom. The molecule has 0 saturated heterocycles. The van der Waals surface area contributed by atoms with Crippen LogP contribution >= 0.6 is 11.9 Å². The van der Waals surface area contributed by atoms with Gasteiger partial charge in [0.1, 0.15) is 5.69 Å². The van der Waals surface area contributed by atoms with E-state index in [0.717, 1.165) is 26.9 Å². The molecule has 1 N–H and O–H groups in total. The van der Waals surface area contributed by atoms with E-state index in [-0.39, 0.29) is 6.42 Å². The van der Waals surface area contributed by atoms with Crippen molar-refractivity contribution in [1.29, 1.82) is 0 Å². The van der Waals surface area contributed by atoms with Gasteiger partial charge in [0.2, 0.25) is 0 Å². The first-order valence-electron chi connectivity index (χ1n) is 7.51. The zero-order chi connectivity index (χ0) is 17.1. The van der Waals surface area contributed by atoms with Crippen molar-refractivity contribution < 1.29 is 9.90 Å². The molecule has 0 fully saturated rings. The van der Waals surface area contributed by atoms with Crippen LogP contribution in [0.2, 0.25) is 0 Å². The summed E-state index contributed by atoms with van der Waals surface area (Å²) < 4.78 is 1.98. The quantitative estimate of drug-likeness (QED) is 0.646. The standard InChI is InChI=1S/C18H16N2O3S/c1-12-4-2-3-5-17(12)24-20-11-13(6-9-18(21)22)15-8-7-14(19-23)10-16(15)20/h2-5,7-8,10-11H,6,9H2,1H3,(H,21,22). The first-order chi connectivity index (χ1) is 11.6. The Hall–Kier alpha value is -2.60. The summed E-state index contributed by atoms with van der Waals surface area (Å²) in [7, 11) is 0. The summed E-state index contributed by atoms with van der Waals surface area (Å²) in [6.45, 7) is 2.04. The van der Waals surface area contributed by atoms with Crippen molar-refractivity contribution >= 4 is 34.5 Å². The Kier molecular flexibility index (Phi) is 4.66. The van der Waals surface area contributed by atoms with Crippen LogP contribution < -0.4 is 0 Å². The van der Waals surface area contributed by atoms with Gasteiger partial charge in [-0.05, 0) is 59.8 Å². The smallest absolute Gasteiger partial charge is 0.303 e. The Morgan fingerprint density at radius 3 is 2.75 bits per heavy atom. The van der Waals surface area contributed by atoms with Gasteiger partial charge in [-0.2, -0.15) is 0 Å². The van der Waals surface area contributed by atoms with Gasteiger partial charge in [0.05, 0.1) is 5.52 Å². The summed E-state index contributed by atoms with van der Waals surface area (Å²) in [4.78, 5) is 22.8. The molecule has 0 atom stereocenters. The number of benzene rings is 2. The minimum atomic E-state index is -0.825. The number of hydrogen-bond donors (Lipinski definition) is 1. The number of rotatable bonds is 6. The van der Waals surface area contributed by atoms with Crippen LogP contribution in [-0.2, 0) is 11.2 Å². The third kappa shape index (κ3) is 3.33. The van der Waals surface area contributed by atoms with Gasteiger partial charge in [-0.3, -0.25) is 8.77 Å². The maximum absolute atomic E-state index is 10.9. The molecular weight excluding hydrogens is 324 g/mol. The number of aryl methyl sites for hydroxylation is 2. The van der Waals surface area contributed by atoms with Gasteiger partial charge in [0.15, 0.2) is 0 Å². The second kappa shape index (κ2) is 6.88. The monoisotopic (exact) mass is 340 g/mol. The van der Waals surface area contributed by atoms with Gasteiger partial charge in [-0.15, -0.1) is 4.91 Å². The van der Waals surface area contributed by atoms with Gasteiger partial charge in [0, 0.05) is 22.9 Å². The number of carboxylic acid groups (broad SMARTS) is 1. The highest BCUT2D eigenvalue weighted by atomic mass is 32.2. The summed E-state index contributed by atoms with van der Waals surface area (Å²) >= 11 is 1.54. The number of carboxylic acids is 1. The van der Waals surface area contributed by atoms with Gasteiger partial charge >= 0.3 is 5.97 Å². The van der Waals surface area contributed by atoms with Crippen molar-refractivity contribution in [3.05, 3.63) is 64.7 Å². The van der Waals surface area contributed by atoms with E-state index in [4.69, 9.17) is 5.11 Å². The molecular formula is C18H16N2O3S. The molecule has 0 radical (unpaired) electrons. The van der Waals surface area contributed by atoms with Crippen molar-refractivity contribution in [3.63, 3.8) is 0 Å². The predicted molar refractivity (Wildman–Crippen MR) is 95.8 cm³/mol. The molecule has 5 nitrogen and oxygen atoms in total. The van der Waals surface area contributed by atoms with Crippen LogP contribution in [0, 0.1) is 11.8 Å². The fourth-order valence-electron chi connectivity index (χ4n) is 2.59. The van der Waals surface area contributed by atoms with Crippen LogP contribution in [0.15, 0.2) is 58.7 Å². The summed E-state index contributed by atoms with van der Waals surface area (Å²) in [6.07, 6.45) is 2.46. The fraction of sp³-hybridized carbons (Fsp3) is 0.167. The lowest BCUT2D eigenvalue weighted by atomic mass is 10.1. The number of nitroso groups, excluding NO2 is 1. The van der Waals surface area contributed by atoms with E-state index in [1.54, 1.807) is 24.1 Å². The lowest BCUT2D eigenvalue weighted by Crippen LogP contribution is -1.96. The molecule has 6 heteroatoms. The topological polar surface area (TPSA) is 71.7 Å². The first-order valence-corrected chi connectivity index (χ1v) is 8.29. The summed E-state index contributed by atoms with van der Waals surface area (Å²) in [6, 6.07) is 13.3. The number of carbonyl (C=O) groups is 1. The third-order valence-corrected chi connectivity index (χ3v) is 5.00. The minimum absolute atomic E-state index is 0.0713. The molecule has 0 unspecified atom stereocenters. The molecule has 0 spiro atoms. The number of nitrogens with zero attached hydrogens (tertiary/aromatic N) is 2. The van der Waals surface area contributed by atoms with Crippen molar-refractivity contribution in [2.24, 2.45) is 5.18 Å². The molecule has 1 aromatic heterocycles. The fourth-order valence-corrected chi connectivity index (χ4v) is 3.59. The van der Waals surface area contributed by atoms with E-state index in [1.165, 1.54) is 0 Å². The maximum Gasteiger partial charge on any atom is 0.303 e. The molecule has 24 heavy (non-hydrogen) atoms. The average Bonchev–Trinajstić information content (AvgIpc) is 2.92. The van der Waals surface area contributed by atoms with E-state index in [0.29, 0.717) is 12.1 Å². The molecule has 3 aromatic rings. The van der Waals surface area contributed by atoms with Gasteiger partial charge in [-0.25, -0.2) is 0 Å². The molecule has 0 aliphatic rings. The van der Waals surface area contributed by atoms with Gasteiger partial charge in [0.25, 0.3) is 0 Å². The lowest BCUT2D eigenvalue weighted by molar-refractivity contribution is -0.136. The normalized spacial score (nSPS) is 10.9. The van der Waals surface area contributed by atoms with Crippen molar-refractivity contribution in [3.8, 4) is 0 Å². The SMILES string of the molecule is Cc1ccccc1Sn1cc(CCC(=O)O)c2ccc(N=O)cc21. The van der Waals surface area contributed by atoms with E-state index in [2.05, 4.69) is 5.18 Å². The average molecular weight is 340 g/mol. The second-order valence-corrected chi connectivity index (χ2v) is 6.54. The van der Waals surface area contributed by atoms with Crippen LogP contribution in [0.1, 0.15) is 17.5 Å². The highest BCUT2D eigenvalue weighted by molar-refractivity contribution is 7.98. The Balaban J connectivity index is 2.06. The minimum Gasteiger partial charge on any atom is -0.481 e. The van der Waals surface area contributed by atoms with Crippen molar-refractivity contribution in [2.45, 2.75) is 24.7 Å². The van der Waals surface area contributed by atoms with Crippen LogP contribution in [0.25, 0.3) is 10.9 Å². The van der Waals surface area contributed by atoms with Gasteiger partial charge in [-0.1, -0.05) is 24.3 Å². The highest BCUT2D eigenvalue weighted by Crippen LogP contribution is 2.33. The largest absolute Gasteiger partial charge is 0.481 e. The molecule has 0 amide bonds. The van der Waals surface area contributed by atoms with Crippen LogP contribution in [0.3, 0.4) is 0 Å². The Labute approximate surface area is 143 Å². The molecule has 122 valence electrons. The number of aliphatic carboxylic acids is 1. The molecule has 0 saturated carbocycles. The summed E-state index contributed by atoms with van der Waals surface area (Å²) in [5, 5.41) is 12.9. The molecule has 0 bridgehead atoms. The third-order valence-electron chi connectivity index (χ3n) is 3.84. The summed E-state index contributed by atoms with van der Waals surface area (Å²) in [5.74, 6) is -0.825. The maximum atomic E-state index is 10.9.